The monoisotopic (exact) mass is 257 g/mol. The zero-order valence-electron chi connectivity index (χ0n) is 11.2. The Hall–Kier alpha value is -2.23. The van der Waals surface area contributed by atoms with Gasteiger partial charge in [0.2, 0.25) is 0 Å². The molecule has 0 spiro atoms. The van der Waals surface area contributed by atoms with Crippen molar-refractivity contribution in [3.05, 3.63) is 35.5 Å². The van der Waals surface area contributed by atoms with Crippen LogP contribution in [0.1, 0.15) is 41.6 Å². The number of aromatic nitrogens is 1. The van der Waals surface area contributed by atoms with E-state index in [0.717, 1.165) is 0 Å². The third-order valence-corrected chi connectivity index (χ3v) is 2.83. The van der Waals surface area contributed by atoms with E-state index in [1.165, 1.54) is 13.8 Å². The fourth-order valence-corrected chi connectivity index (χ4v) is 1.93. The Labute approximate surface area is 111 Å². The molecule has 0 atom stereocenters. The zero-order valence-corrected chi connectivity index (χ0v) is 11.2. The Kier molecular flexibility index (Phi) is 3.60. The Morgan fingerprint density at radius 2 is 1.89 bits per heavy atom. The van der Waals surface area contributed by atoms with Crippen LogP contribution in [0, 0.1) is 0 Å². The van der Waals surface area contributed by atoms with Crippen molar-refractivity contribution in [2.24, 2.45) is 0 Å². The number of Topliss-reactive ketones (excluding diaryl/α,β-unsaturated/α-hetero) is 2. The van der Waals surface area contributed by atoms with Crippen LogP contribution in [0.25, 0.3) is 10.9 Å². The fraction of sp³-hybridized carbons (Fsp3) is 0.267. The molecule has 0 aliphatic carbocycles. The van der Waals surface area contributed by atoms with Crippen molar-refractivity contribution in [1.29, 1.82) is 0 Å². The van der Waals surface area contributed by atoms with Crippen LogP contribution in [-0.2, 0) is 0 Å². The summed E-state index contributed by atoms with van der Waals surface area (Å²) in [7, 11) is 0. The molecule has 0 saturated heterocycles. The number of hydrogen-bond donors (Lipinski definition) is 0. The topological polar surface area (TPSA) is 56.3 Å². The highest BCUT2D eigenvalue weighted by Gasteiger charge is 2.12. The number of rotatable bonds is 4. The standard InChI is InChI=1S/C15H15NO3/c1-4-19-11-5-6-14-13(7-11)12(9(2)17)8-15(16-14)10(3)18/h5-8H,4H2,1-3H3. The summed E-state index contributed by atoms with van der Waals surface area (Å²) >= 11 is 0. The molecule has 2 aromatic rings. The number of nitrogens with zero attached hydrogens (tertiary/aromatic N) is 1. The maximum atomic E-state index is 11.7. The summed E-state index contributed by atoms with van der Waals surface area (Å²) in [4.78, 5) is 27.4. The number of carbonyl (C=O) groups is 2. The number of hydrogen-bond acceptors (Lipinski definition) is 4. The van der Waals surface area contributed by atoms with Crippen LogP contribution < -0.4 is 4.74 Å². The Balaban J connectivity index is 2.72. The molecule has 0 amide bonds. The number of pyridine rings is 1. The van der Waals surface area contributed by atoms with Gasteiger partial charge in [-0.2, -0.15) is 0 Å². The van der Waals surface area contributed by atoms with Crippen molar-refractivity contribution >= 4 is 22.5 Å². The van der Waals surface area contributed by atoms with E-state index in [-0.39, 0.29) is 11.6 Å². The van der Waals surface area contributed by atoms with Gasteiger partial charge >= 0.3 is 0 Å². The second-order valence-electron chi connectivity index (χ2n) is 4.28. The number of benzene rings is 1. The quantitative estimate of drug-likeness (QED) is 0.790. The van der Waals surface area contributed by atoms with Crippen molar-refractivity contribution in [1.82, 2.24) is 4.98 Å². The Morgan fingerprint density at radius 1 is 1.16 bits per heavy atom. The molecule has 1 aromatic heterocycles. The maximum absolute atomic E-state index is 11.7. The van der Waals surface area contributed by atoms with Gasteiger partial charge in [-0.1, -0.05) is 0 Å². The molecule has 0 bridgehead atoms. The predicted octanol–water partition coefficient (Wildman–Crippen LogP) is 3.04. The van der Waals surface area contributed by atoms with E-state index in [1.54, 1.807) is 24.3 Å². The van der Waals surface area contributed by atoms with Crippen molar-refractivity contribution in [3.63, 3.8) is 0 Å². The number of ether oxygens (including phenoxy) is 1. The number of fused-ring (bicyclic) bond motifs is 1. The van der Waals surface area contributed by atoms with Gasteiger partial charge in [0, 0.05) is 17.9 Å². The molecule has 19 heavy (non-hydrogen) atoms. The average Bonchev–Trinajstić information content (AvgIpc) is 2.37. The van der Waals surface area contributed by atoms with E-state index in [0.29, 0.717) is 34.5 Å². The summed E-state index contributed by atoms with van der Waals surface area (Å²) in [6.07, 6.45) is 0. The van der Waals surface area contributed by atoms with E-state index in [4.69, 9.17) is 4.74 Å². The van der Waals surface area contributed by atoms with Crippen molar-refractivity contribution in [3.8, 4) is 5.75 Å². The molecule has 0 N–H and O–H groups in total. The zero-order chi connectivity index (χ0) is 14.0. The van der Waals surface area contributed by atoms with Crippen LogP contribution in [0.5, 0.6) is 5.75 Å². The lowest BCUT2D eigenvalue weighted by molar-refractivity contribution is 0.101. The van der Waals surface area contributed by atoms with Gasteiger partial charge in [0.15, 0.2) is 11.6 Å². The maximum Gasteiger partial charge on any atom is 0.178 e. The van der Waals surface area contributed by atoms with Gasteiger partial charge in [0.05, 0.1) is 12.1 Å². The molecule has 0 fully saturated rings. The largest absolute Gasteiger partial charge is 0.494 e. The molecule has 0 saturated carbocycles. The second kappa shape index (κ2) is 5.18. The Morgan fingerprint density at radius 3 is 2.47 bits per heavy atom. The van der Waals surface area contributed by atoms with E-state index in [9.17, 15) is 9.59 Å². The predicted molar refractivity (Wildman–Crippen MR) is 72.9 cm³/mol. The van der Waals surface area contributed by atoms with Gasteiger partial charge in [-0.25, -0.2) is 4.98 Å². The second-order valence-corrected chi connectivity index (χ2v) is 4.28. The molecule has 0 aliphatic rings. The van der Waals surface area contributed by atoms with Crippen LogP contribution in [0.3, 0.4) is 0 Å². The molecule has 2 rings (SSSR count). The lowest BCUT2D eigenvalue weighted by atomic mass is 10.0. The Bertz CT molecular complexity index is 662. The first-order valence-electron chi connectivity index (χ1n) is 6.12. The van der Waals surface area contributed by atoms with Crippen LogP contribution in [0.2, 0.25) is 0 Å². The van der Waals surface area contributed by atoms with Crippen LogP contribution in [-0.4, -0.2) is 23.2 Å². The fourth-order valence-electron chi connectivity index (χ4n) is 1.93. The third-order valence-electron chi connectivity index (χ3n) is 2.83. The molecule has 0 radical (unpaired) electrons. The molecular formula is C15H15NO3. The SMILES string of the molecule is CCOc1ccc2nc(C(C)=O)cc(C(C)=O)c2c1. The van der Waals surface area contributed by atoms with Gasteiger partial charge in [0.25, 0.3) is 0 Å². The highest BCUT2D eigenvalue weighted by Crippen LogP contribution is 2.24. The van der Waals surface area contributed by atoms with Crippen molar-refractivity contribution in [2.45, 2.75) is 20.8 Å². The number of ketones is 2. The molecular weight excluding hydrogens is 242 g/mol. The minimum Gasteiger partial charge on any atom is -0.494 e. The van der Waals surface area contributed by atoms with Crippen LogP contribution in [0.4, 0.5) is 0 Å². The minimum absolute atomic E-state index is 0.0939. The van der Waals surface area contributed by atoms with Gasteiger partial charge in [0.1, 0.15) is 11.4 Å². The first-order valence-corrected chi connectivity index (χ1v) is 6.12. The number of carbonyl (C=O) groups excluding carboxylic acids is 2. The molecule has 1 aromatic carbocycles. The van der Waals surface area contributed by atoms with Gasteiger partial charge in [-0.3, -0.25) is 9.59 Å². The van der Waals surface area contributed by atoms with Gasteiger partial charge in [-0.05, 0) is 38.1 Å². The summed E-state index contributed by atoms with van der Waals surface area (Å²) in [6.45, 7) is 5.37. The lowest BCUT2D eigenvalue weighted by Crippen LogP contribution is -2.03. The molecule has 4 nitrogen and oxygen atoms in total. The molecule has 0 unspecified atom stereocenters. The van der Waals surface area contributed by atoms with Crippen molar-refractivity contribution in [2.75, 3.05) is 6.61 Å². The van der Waals surface area contributed by atoms with Crippen LogP contribution in [0.15, 0.2) is 24.3 Å². The molecule has 1 heterocycles. The van der Waals surface area contributed by atoms with Gasteiger partial charge < -0.3 is 4.74 Å². The van der Waals surface area contributed by atoms with E-state index < -0.39 is 0 Å². The van der Waals surface area contributed by atoms with E-state index in [2.05, 4.69) is 4.98 Å². The minimum atomic E-state index is -0.154. The van der Waals surface area contributed by atoms with E-state index >= 15 is 0 Å². The van der Waals surface area contributed by atoms with Crippen LogP contribution >= 0.6 is 0 Å². The smallest absolute Gasteiger partial charge is 0.178 e. The summed E-state index contributed by atoms with van der Waals surface area (Å²) in [5.74, 6) is 0.441. The third kappa shape index (κ3) is 2.62. The highest BCUT2D eigenvalue weighted by molar-refractivity contribution is 6.08. The first kappa shape index (κ1) is 13.2. The molecule has 98 valence electrons. The summed E-state index contributed by atoms with van der Waals surface area (Å²) in [6, 6.07) is 6.88. The molecule has 0 aliphatic heterocycles. The van der Waals surface area contributed by atoms with E-state index in [1.807, 2.05) is 6.92 Å². The molecule has 4 heteroatoms. The summed E-state index contributed by atoms with van der Waals surface area (Å²) in [5.41, 5.74) is 1.43. The van der Waals surface area contributed by atoms with Gasteiger partial charge in [-0.15, -0.1) is 0 Å². The first-order chi connectivity index (χ1) is 9.02. The highest BCUT2D eigenvalue weighted by atomic mass is 16.5. The summed E-state index contributed by atoms with van der Waals surface area (Å²) in [5, 5.41) is 0.712. The lowest BCUT2D eigenvalue weighted by Gasteiger charge is -2.08. The van der Waals surface area contributed by atoms with Crippen molar-refractivity contribution < 1.29 is 14.3 Å². The summed E-state index contributed by atoms with van der Waals surface area (Å²) < 4.78 is 5.42. The average molecular weight is 257 g/mol. The normalized spacial score (nSPS) is 10.5.